The highest BCUT2D eigenvalue weighted by molar-refractivity contribution is 7.99. The number of hydrogen-bond donors (Lipinski definition) is 0. The van der Waals surface area contributed by atoms with Gasteiger partial charge in [-0.3, -0.25) is 9.36 Å². The fraction of sp³-hybridized carbons (Fsp3) is 0.192. The van der Waals surface area contributed by atoms with Gasteiger partial charge in [-0.15, -0.1) is 10.2 Å². The van der Waals surface area contributed by atoms with Crippen LogP contribution in [0.4, 0.5) is 4.39 Å². The number of carbonyl (C=O) groups excluding carboxylic acids is 1. The van der Waals surface area contributed by atoms with Crippen molar-refractivity contribution in [1.82, 2.24) is 19.7 Å². The third-order valence-electron chi connectivity index (χ3n) is 5.49. The van der Waals surface area contributed by atoms with Crippen molar-refractivity contribution in [3.05, 3.63) is 102 Å². The molecule has 0 saturated carbocycles. The second-order valence-electron chi connectivity index (χ2n) is 7.67. The summed E-state index contributed by atoms with van der Waals surface area (Å²) in [6.45, 7) is 2.03. The first kappa shape index (κ1) is 23.5. The van der Waals surface area contributed by atoms with Gasteiger partial charge in [0.2, 0.25) is 5.91 Å². The Hall–Kier alpha value is -3.65. The Bertz CT molecular complexity index is 1230. The first-order chi connectivity index (χ1) is 16.5. The van der Waals surface area contributed by atoms with Crippen molar-refractivity contribution < 1.29 is 13.9 Å². The molecule has 4 aromatic rings. The zero-order valence-corrected chi connectivity index (χ0v) is 19.8. The van der Waals surface area contributed by atoms with E-state index >= 15 is 0 Å². The molecule has 0 aliphatic rings. The van der Waals surface area contributed by atoms with Crippen molar-refractivity contribution in [3.8, 4) is 11.4 Å². The molecular formula is C26H25FN4O2S. The van der Waals surface area contributed by atoms with Crippen molar-refractivity contribution in [2.45, 2.75) is 24.7 Å². The van der Waals surface area contributed by atoms with E-state index in [-0.39, 0.29) is 30.1 Å². The van der Waals surface area contributed by atoms with E-state index in [1.165, 1.54) is 17.8 Å². The van der Waals surface area contributed by atoms with Gasteiger partial charge >= 0.3 is 0 Å². The molecule has 8 heteroatoms. The van der Waals surface area contributed by atoms with Gasteiger partial charge in [0.25, 0.3) is 0 Å². The molecule has 0 saturated heterocycles. The monoisotopic (exact) mass is 476 g/mol. The largest absolute Gasteiger partial charge is 0.483 e. The Kier molecular flexibility index (Phi) is 7.59. The Morgan fingerprint density at radius 2 is 1.65 bits per heavy atom. The number of aromatic nitrogens is 3. The second kappa shape index (κ2) is 11.0. The van der Waals surface area contributed by atoms with Gasteiger partial charge in [0.1, 0.15) is 6.61 Å². The minimum atomic E-state index is -0.441. The molecule has 6 nitrogen and oxygen atoms in total. The smallest absolute Gasteiger partial charge is 0.233 e. The molecule has 0 aliphatic heterocycles. The summed E-state index contributed by atoms with van der Waals surface area (Å²) in [6.07, 6.45) is 0. The molecular weight excluding hydrogens is 451 g/mol. The highest BCUT2D eigenvalue weighted by Crippen LogP contribution is 2.25. The van der Waals surface area contributed by atoms with Crippen LogP contribution in [0.5, 0.6) is 5.75 Å². The quantitative estimate of drug-likeness (QED) is 0.307. The summed E-state index contributed by atoms with van der Waals surface area (Å²) in [5, 5.41) is 9.12. The number of ether oxygens (including phenoxy) is 1. The molecule has 1 atom stereocenters. The summed E-state index contributed by atoms with van der Waals surface area (Å²) in [5.41, 5.74) is 1.91. The van der Waals surface area contributed by atoms with Gasteiger partial charge < -0.3 is 9.64 Å². The van der Waals surface area contributed by atoms with Crippen LogP contribution in [0.1, 0.15) is 24.4 Å². The van der Waals surface area contributed by atoms with E-state index in [2.05, 4.69) is 10.2 Å². The number of rotatable bonds is 9. The lowest BCUT2D eigenvalue weighted by Gasteiger charge is -2.25. The van der Waals surface area contributed by atoms with E-state index < -0.39 is 5.82 Å². The number of amides is 1. The molecule has 1 aromatic heterocycles. The van der Waals surface area contributed by atoms with E-state index in [0.29, 0.717) is 11.0 Å². The average Bonchev–Trinajstić information content (AvgIpc) is 3.29. The van der Waals surface area contributed by atoms with Crippen molar-refractivity contribution in [3.63, 3.8) is 0 Å². The molecule has 0 aliphatic carbocycles. The zero-order chi connectivity index (χ0) is 23.9. The highest BCUT2D eigenvalue weighted by Gasteiger charge is 2.21. The summed E-state index contributed by atoms with van der Waals surface area (Å²) in [6, 6.07) is 25.7. The van der Waals surface area contributed by atoms with Gasteiger partial charge in [0, 0.05) is 12.7 Å². The van der Waals surface area contributed by atoms with E-state index in [0.717, 1.165) is 11.3 Å². The highest BCUT2D eigenvalue weighted by atomic mass is 32.2. The number of hydrogen-bond acceptors (Lipinski definition) is 5. The summed E-state index contributed by atoms with van der Waals surface area (Å²) in [7, 11) is 1.80. The molecule has 3 aromatic carbocycles. The summed E-state index contributed by atoms with van der Waals surface area (Å²) < 4.78 is 21.5. The summed E-state index contributed by atoms with van der Waals surface area (Å²) in [4.78, 5) is 14.6. The van der Waals surface area contributed by atoms with Crippen molar-refractivity contribution in [2.24, 2.45) is 0 Å². The van der Waals surface area contributed by atoms with Gasteiger partial charge in [-0.1, -0.05) is 72.4 Å². The van der Waals surface area contributed by atoms with Crippen LogP contribution in [0.2, 0.25) is 0 Å². The van der Waals surface area contributed by atoms with Crippen LogP contribution in [0.25, 0.3) is 5.69 Å². The van der Waals surface area contributed by atoms with Gasteiger partial charge in [-0.2, -0.15) is 0 Å². The van der Waals surface area contributed by atoms with E-state index in [9.17, 15) is 9.18 Å². The Morgan fingerprint density at radius 1 is 1.00 bits per heavy atom. The van der Waals surface area contributed by atoms with E-state index in [1.54, 1.807) is 30.1 Å². The third-order valence-corrected chi connectivity index (χ3v) is 6.40. The second-order valence-corrected chi connectivity index (χ2v) is 8.61. The van der Waals surface area contributed by atoms with Gasteiger partial charge in [0.15, 0.2) is 22.5 Å². The van der Waals surface area contributed by atoms with Crippen LogP contribution in [-0.2, 0) is 11.4 Å². The van der Waals surface area contributed by atoms with Crippen molar-refractivity contribution in [2.75, 3.05) is 12.8 Å². The van der Waals surface area contributed by atoms with Gasteiger partial charge in [-0.05, 0) is 36.8 Å². The standard InChI is InChI=1S/C26H25FN4O2S/c1-19(20-11-5-3-6-12-20)30(2)25(32)18-34-26-29-28-24(31(26)21-13-7-4-8-14-21)17-33-23-16-10-9-15-22(23)27/h3-16,19H,17-18H2,1-2H3. The zero-order valence-electron chi connectivity index (χ0n) is 19.0. The molecule has 0 spiro atoms. The number of nitrogens with zero attached hydrogens (tertiary/aromatic N) is 4. The van der Waals surface area contributed by atoms with Crippen LogP contribution in [-0.4, -0.2) is 38.4 Å². The molecule has 1 heterocycles. The van der Waals surface area contributed by atoms with E-state index in [1.807, 2.05) is 72.2 Å². The van der Waals surface area contributed by atoms with Crippen molar-refractivity contribution in [1.29, 1.82) is 0 Å². The lowest BCUT2D eigenvalue weighted by molar-refractivity contribution is -0.128. The molecule has 4 rings (SSSR count). The lowest BCUT2D eigenvalue weighted by Crippen LogP contribution is -2.31. The molecule has 0 radical (unpaired) electrons. The molecule has 0 fully saturated rings. The first-order valence-electron chi connectivity index (χ1n) is 10.8. The Labute approximate surface area is 202 Å². The Balaban J connectivity index is 1.50. The topological polar surface area (TPSA) is 60.3 Å². The SMILES string of the molecule is CC(c1ccccc1)N(C)C(=O)CSc1nnc(COc2ccccc2F)n1-c1ccccc1. The number of thioether (sulfide) groups is 1. The van der Waals surface area contributed by atoms with Gasteiger partial charge in [-0.25, -0.2) is 4.39 Å². The number of para-hydroxylation sites is 2. The maximum absolute atomic E-state index is 14.0. The van der Waals surface area contributed by atoms with Crippen LogP contribution in [0, 0.1) is 5.82 Å². The van der Waals surface area contributed by atoms with Crippen LogP contribution < -0.4 is 4.74 Å². The summed E-state index contributed by atoms with van der Waals surface area (Å²) >= 11 is 1.31. The molecule has 0 N–H and O–H groups in total. The predicted molar refractivity (Wildman–Crippen MR) is 130 cm³/mol. The number of benzene rings is 3. The predicted octanol–water partition coefficient (Wildman–Crippen LogP) is 5.30. The molecule has 174 valence electrons. The normalized spacial score (nSPS) is 11.7. The number of carbonyl (C=O) groups is 1. The lowest BCUT2D eigenvalue weighted by atomic mass is 10.1. The average molecular weight is 477 g/mol. The van der Waals surface area contributed by atoms with Crippen LogP contribution in [0.15, 0.2) is 90.1 Å². The van der Waals surface area contributed by atoms with Crippen LogP contribution >= 0.6 is 11.8 Å². The molecule has 0 bridgehead atoms. The van der Waals surface area contributed by atoms with E-state index in [4.69, 9.17) is 4.74 Å². The molecule has 1 amide bonds. The summed E-state index contributed by atoms with van der Waals surface area (Å²) in [5.74, 6) is 0.394. The molecule has 34 heavy (non-hydrogen) atoms. The maximum atomic E-state index is 14.0. The third kappa shape index (κ3) is 5.46. The molecule has 1 unspecified atom stereocenters. The maximum Gasteiger partial charge on any atom is 0.233 e. The van der Waals surface area contributed by atoms with Crippen LogP contribution in [0.3, 0.4) is 0 Å². The minimum absolute atomic E-state index is 0.0203. The number of halogens is 1. The minimum Gasteiger partial charge on any atom is -0.483 e. The fourth-order valence-electron chi connectivity index (χ4n) is 3.43. The van der Waals surface area contributed by atoms with Crippen molar-refractivity contribution >= 4 is 17.7 Å². The fourth-order valence-corrected chi connectivity index (χ4v) is 4.32. The first-order valence-corrected chi connectivity index (χ1v) is 11.8. The van der Waals surface area contributed by atoms with Gasteiger partial charge in [0.05, 0.1) is 11.8 Å². The Morgan fingerprint density at radius 3 is 2.35 bits per heavy atom.